The summed E-state index contributed by atoms with van der Waals surface area (Å²) in [5, 5.41) is 10.4. The standard InChI is InChI=1S/C20H23N3O2/c24-19(15-6-2-1-3-7-15)14-22-12-10-16(11-13-22)23-18-9-5-4-8-17(18)21-20(23)25/h1-9,16,19,24H,10-14H2,(H,21,25)/t19-/m0/s1. The van der Waals surface area contributed by atoms with Crippen LogP contribution in [-0.2, 0) is 0 Å². The molecule has 4 rings (SSSR count). The Bertz CT molecular complexity index is 892. The summed E-state index contributed by atoms with van der Waals surface area (Å²) in [7, 11) is 0. The average molecular weight is 337 g/mol. The molecule has 2 heterocycles. The van der Waals surface area contributed by atoms with Gasteiger partial charge in [-0.2, -0.15) is 0 Å². The lowest BCUT2D eigenvalue weighted by Crippen LogP contribution is -2.39. The number of β-amino-alcohol motifs (C(OH)–C–C–N with tert-alkyl or cyclic N) is 1. The van der Waals surface area contributed by atoms with E-state index in [1.54, 1.807) is 0 Å². The molecule has 0 spiro atoms. The lowest BCUT2D eigenvalue weighted by atomic mass is 10.0. The number of aromatic amines is 1. The van der Waals surface area contributed by atoms with Crippen LogP contribution in [0.2, 0.25) is 0 Å². The van der Waals surface area contributed by atoms with Crippen LogP contribution >= 0.6 is 0 Å². The van der Waals surface area contributed by atoms with Crippen LogP contribution in [0.25, 0.3) is 11.0 Å². The molecule has 0 amide bonds. The number of H-pyrrole nitrogens is 1. The van der Waals surface area contributed by atoms with Crippen molar-refractivity contribution < 1.29 is 5.11 Å². The van der Waals surface area contributed by atoms with Gasteiger partial charge in [0.2, 0.25) is 0 Å². The monoisotopic (exact) mass is 337 g/mol. The predicted octanol–water partition coefficient (Wildman–Crippen LogP) is 2.70. The van der Waals surface area contributed by atoms with Crippen molar-refractivity contribution in [2.24, 2.45) is 0 Å². The fourth-order valence-electron chi connectivity index (χ4n) is 3.82. The quantitative estimate of drug-likeness (QED) is 0.769. The SMILES string of the molecule is O=c1[nH]c2ccccc2n1C1CCN(C[C@H](O)c2ccccc2)CC1. The van der Waals surface area contributed by atoms with E-state index in [1.165, 1.54) is 0 Å². The first-order valence-corrected chi connectivity index (χ1v) is 8.87. The molecule has 25 heavy (non-hydrogen) atoms. The van der Waals surface area contributed by atoms with Crippen molar-refractivity contribution in [1.82, 2.24) is 14.5 Å². The predicted molar refractivity (Wildman–Crippen MR) is 98.7 cm³/mol. The summed E-state index contributed by atoms with van der Waals surface area (Å²) in [6, 6.07) is 17.9. The molecule has 2 N–H and O–H groups in total. The van der Waals surface area contributed by atoms with Gasteiger partial charge in [-0.05, 0) is 30.5 Å². The van der Waals surface area contributed by atoms with Crippen molar-refractivity contribution in [2.75, 3.05) is 19.6 Å². The van der Waals surface area contributed by atoms with Crippen LogP contribution in [-0.4, -0.2) is 39.2 Å². The van der Waals surface area contributed by atoms with E-state index in [9.17, 15) is 9.90 Å². The van der Waals surface area contributed by atoms with Crippen molar-refractivity contribution in [1.29, 1.82) is 0 Å². The number of benzene rings is 2. The second-order valence-corrected chi connectivity index (χ2v) is 6.78. The molecular formula is C20H23N3O2. The van der Waals surface area contributed by atoms with Gasteiger partial charge in [0, 0.05) is 25.7 Å². The summed E-state index contributed by atoms with van der Waals surface area (Å²) in [5.41, 5.74) is 2.81. The number of para-hydroxylation sites is 2. The van der Waals surface area contributed by atoms with E-state index < -0.39 is 6.10 Å². The number of piperidine rings is 1. The van der Waals surface area contributed by atoms with Crippen LogP contribution in [0.1, 0.15) is 30.6 Å². The maximum Gasteiger partial charge on any atom is 0.326 e. The first-order valence-electron chi connectivity index (χ1n) is 8.87. The zero-order chi connectivity index (χ0) is 17.2. The highest BCUT2D eigenvalue weighted by atomic mass is 16.3. The average Bonchev–Trinajstić information content (AvgIpc) is 2.99. The molecule has 1 aliphatic rings. The number of aromatic nitrogens is 2. The number of aliphatic hydroxyl groups excluding tert-OH is 1. The van der Waals surface area contributed by atoms with Gasteiger partial charge < -0.3 is 15.0 Å². The maximum absolute atomic E-state index is 12.3. The van der Waals surface area contributed by atoms with E-state index in [2.05, 4.69) is 9.88 Å². The Labute approximate surface area is 146 Å². The molecule has 2 aromatic carbocycles. The number of rotatable bonds is 4. The first-order chi connectivity index (χ1) is 12.2. The van der Waals surface area contributed by atoms with E-state index in [1.807, 2.05) is 59.2 Å². The van der Waals surface area contributed by atoms with Gasteiger partial charge in [-0.3, -0.25) is 4.57 Å². The third-order valence-electron chi connectivity index (χ3n) is 5.16. The van der Waals surface area contributed by atoms with Crippen molar-refractivity contribution in [3.8, 4) is 0 Å². The largest absolute Gasteiger partial charge is 0.387 e. The minimum Gasteiger partial charge on any atom is -0.387 e. The molecule has 0 aliphatic carbocycles. The second-order valence-electron chi connectivity index (χ2n) is 6.78. The summed E-state index contributed by atoms with van der Waals surface area (Å²) >= 11 is 0. The normalized spacial score (nSPS) is 17.8. The number of nitrogens with zero attached hydrogens (tertiary/aromatic N) is 2. The minimum absolute atomic E-state index is 0.0241. The lowest BCUT2D eigenvalue weighted by molar-refractivity contribution is 0.0907. The lowest BCUT2D eigenvalue weighted by Gasteiger charge is -2.33. The molecule has 0 bridgehead atoms. The topological polar surface area (TPSA) is 61.3 Å². The molecule has 5 heteroatoms. The molecule has 0 radical (unpaired) electrons. The summed E-state index contributed by atoms with van der Waals surface area (Å²) in [6.45, 7) is 2.42. The Morgan fingerprint density at radius 3 is 2.48 bits per heavy atom. The van der Waals surface area contributed by atoms with E-state index in [4.69, 9.17) is 0 Å². The zero-order valence-electron chi connectivity index (χ0n) is 14.1. The number of nitrogens with one attached hydrogen (secondary N) is 1. The first kappa shape index (κ1) is 16.1. The number of aliphatic hydroxyl groups is 1. The summed E-state index contributed by atoms with van der Waals surface area (Å²) in [5.74, 6) is 0. The third-order valence-corrected chi connectivity index (χ3v) is 5.16. The van der Waals surface area contributed by atoms with Crippen molar-refractivity contribution >= 4 is 11.0 Å². The Morgan fingerprint density at radius 2 is 1.72 bits per heavy atom. The third kappa shape index (κ3) is 3.25. The van der Waals surface area contributed by atoms with Crippen LogP contribution in [0.5, 0.6) is 0 Å². The summed E-state index contributed by atoms with van der Waals surface area (Å²) in [6.07, 6.45) is 1.38. The van der Waals surface area contributed by atoms with Gasteiger partial charge in [-0.1, -0.05) is 42.5 Å². The molecule has 1 aromatic heterocycles. The van der Waals surface area contributed by atoms with Crippen LogP contribution in [0.15, 0.2) is 59.4 Å². The minimum atomic E-state index is -0.464. The maximum atomic E-state index is 12.3. The fraction of sp³-hybridized carbons (Fsp3) is 0.350. The highest BCUT2D eigenvalue weighted by molar-refractivity contribution is 5.75. The smallest absolute Gasteiger partial charge is 0.326 e. The van der Waals surface area contributed by atoms with Crippen molar-refractivity contribution in [3.63, 3.8) is 0 Å². The van der Waals surface area contributed by atoms with Gasteiger partial charge in [0.15, 0.2) is 0 Å². The van der Waals surface area contributed by atoms with Crippen LogP contribution in [0, 0.1) is 0 Å². The van der Waals surface area contributed by atoms with Gasteiger partial charge >= 0.3 is 5.69 Å². The summed E-state index contributed by atoms with van der Waals surface area (Å²) < 4.78 is 1.90. The number of fused-ring (bicyclic) bond motifs is 1. The number of likely N-dealkylation sites (tertiary alicyclic amines) is 1. The van der Waals surface area contributed by atoms with Gasteiger partial charge in [-0.15, -0.1) is 0 Å². The Balaban J connectivity index is 1.43. The highest BCUT2D eigenvalue weighted by Crippen LogP contribution is 2.26. The van der Waals surface area contributed by atoms with E-state index >= 15 is 0 Å². The zero-order valence-corrected chi connectivity index (χ0v) is 14.1. The Morgan fingerprint density at radius 1 is 1.04 bits per heavy atom. The molecule has 0 saturated carbocycles. The van der Waals surface area contributed by atoms with Crippen LogP contribution in [0.3, 0.4) is 0 Å². The Hall–Kier alpha value is -2.37. The molecule has 1 fully saturated rings. The molecule has 5 nitrogen and oxygen atoms in total. The van der Waals surface area contributed by atoms with E-state index in [-0.39, 0.29) is 11.7 Å². The molecule has 0 unspecified atom stereocenters. The highest BCUT2D eigenvalue weighted by Gasteiger charge is 2.24. The molecule has 1 atom stereocenters. The van der Waals surface area contributed by atoms with E-state index in [0.29, 0.717) is 6.54 Å². The van der Waals surface area contributed by atoms with Gasteiger partial charge in [-0.25, -0.2) is 4.79 Å². The molecular weight excluding hydrogens is 314 g/mol. The molecule has 3 aromatic rings. The van der Waals surface area contributed by atoms with Crippen molar-refractivity contribution in [2.45, 2.75) is 25.0 Å². The number of hydrogen-bond acceptors (Lipinski definition) is 3. The van der Waals surface area contributed by atoms with Crippen LogP contribution < -0.4 is 5.69 Å². The second kappa shape index (κ2) is 6.86. The van der Waals surface area contributed by atoms with Crippen molar-refractivity contribution in [3.05, 3.63) is 70.6 Å². The van der Waals surface area contributed by atoms with Gasteiger partial charge in [0.05, 0.1) is 17.1 Å². The molecule has 130 valence electrons. The van der Waals surface area contributed by atoms with Gasteiger partial charge in [0.25, 0.3) is 0 Å². The fourth-order valence-corrected chi connectivity index (χ4v) is 3.82. The number of hydrogen-bond donors (Lipinski definition) is 2. The van der Waals surface area contributed by atoms with E-state index in [0.717, 1.165) is 42.5 Å². The molecule has 1 aliphatic heterocycles. The molecule has 1 saturated heterocycles. The Kier molecular flexibility index (Phi) is 4.42. The van der Waals surface area contributed by atoms with Crippen LogP contribution in [0.4, 0.5) is 0 Å². The van der Waals surface area contributed by atoms with Gasteiger partial charge in [0.1, 0.15) is 0 Å². The summed E-state index contributed by atoms with van der Waals surface area (Å²) in [4.78, 5) is 17.6. The number of imidazole rings is 1.